The van der Waals surface area contributed by atoms with Crippen LogP contribution in [0, 0.1) is 0 Å². The first-order valence-corrected chi connectivity index (χ1v) is 12.2. The van der Waals surface area contributed by atoms with Crippen molar-refractivity contribution in [2.45, 2.75) is 51.5 Å². The second-order valence-electron chi connectivity index (χ2n) is 8.24. The molecular formula is C24H36O3Si. The zero-order valence-corrected chi connectivity index (χ0v) is 18.9. The van der Waals surface area contributed by atoms with Crippen LogP contribution in [0.3, 0.4) is 0 Å². The Morgan fingerprint density at radius 3 is 1.68 bits per heavy atom. The Morgan fingerprint density at radius 1 is 0.714 bits per heavy atom. The molecular weight excluding hydrogens is 364 g/mol. The van der Waals surface area contributed by atoms with Crippen LogP contribution in [-0.2, 0) is 13.9 Å². The molecule has 28 heavy (non-hydrogen) atoms. The van der Waals surface area contributed by atoms with E-state index in [0.717, 1.165) is 38.9 Å². The van der Waals surface area contributed by atoms with Gasteiger partial charge in [-0.1, -0.05) is 94.3 Å². The monoisotopic (exact) mass is 400 g/mol. The summed E-state index contributed by atoms with van der Waals surface area (Å²) in [5.41, 5.74) is 0. The van der Waals surface area contributed by atoms with E-state index < -0.39 is 8.32 Å². The number of unbranched alkanes of at least 4 members (excludes halogenated alkanes) is 3. The van der Waals surface area contributed by atoms with Gasteiger partial charge in [0.05, 0.1) is 0 Å². The SMILES string of the molecule is COCOCCCCCCO[Si](c1ccccc1)(c1ccccc1)C(C)(C)C. The Labute approximate surface area is 172 Å². The van der Waals surface area contributed by atoms with Gasteiger partial charge in [-0.05, 0) is 28.3 Å². The van der Waals surface area contributed by atoms with E-state index in [2.05, 4.69) is 81.4 Å². The third-order valence-electron chi connectivity index (χ3n) is 5.12. The maximum atomic E-state index is 6.90. The molecule has 0 aliphatic carbocycles. The van der Waals surface area contributed by atoms with Gasteiger partial charge in [0, 0.05) is 20.3 Å². The summed E-state index contributed by atoms with van der Waals surface area (Å²) in [6.07, 6.45) is 4.47. The molecule has 154 valence electrons. The fourth-order valence-corrected chi connectivity index (χ4v) is 8.39. The van der Waals surface area contributed by atoms with E-state index in [4.69, 9.17) is 13.9 Å². The first kappa shape index (κ1) is 22.8. The molecule has 0 saturated heterocycles. The highest BCUT2D eigenvalue weighted by atomic mass is 28.4. The van der Waals surface area contributed by atoms with Crippen molar-refractivity contribution in [3.8, 4) is 0 Å². The van der Waals surface area contributed by atoms with Gasteiger partial charge in [0.1, 0.15) is 6.79 Å². The number of benzene rings is 2. The summed E-state index contributed by atoms with van der Waals surface area (Å²) in [6.45, 7) is 8.93. The van der Waals surface area contributed by atoms with Crippen molar-refractivity contribution in [2.75, 3.05) is 27.1 Å². The Hall–Kier alpha value is -1.46. The first-order chi connectivity index (χ1) is 13.5. The molecule has 3 nitrogen and oxygen atoms in total. The van der Waals surface area contributed by atoms with Gasteiger partial charge in [-0.3, -0.25) is 0 Å². The smallest absolute Gasteiger partial charge is 0.261 e. The van der Waals surface area contributed by atoms with Crippen LogP contribution in [0.4, 0.5) is 0 Å². The van der Waals surface area contributed by atoms with Crippen molar-refractivity contribution in [3.63, 3.8) is 0 Å². The van der Waals surface area contributed by atoms with Crippen molar-refractivity contribution in [3.05, 3.63) is 60.7 Å². The van der Waals surface area contributed by atoms with Crippen LogP contribution in [0.25, 0.3) is 0 Å². The van der Waals surface area contributed by atoms with Gasteiger partial charge in [-0.25, -0.2) is 0 Å². The molecule has 0 N–H and O–H groups in total. The Morgan fingerprint density at radius 2 is 1.21 bits per heavy atom. The minimum atomic E-state index is -2.38. The second-order valence-corrected chi connectivity index (χ2v) is 12.5. The number of ether oxygens (including phenoxy) is 2. The minimum absolute atomic E-state index is 0.0453. The molecule has 0 aromatic heterocycles. The first-order valence-electron chi connectivity index (χ1n) is 10.3. The lowest BCUT2D eigenvalue weighted by Gasteiger charge is -2.43. The Balaban J connectivity index is 2.08. The molecule has 0 fully saturated rings. The topological polar surface area (TPSA) is 27.7 Å². The third kappa shape index (κ3) is 6.02. The predicted octanol–water partition coefficient (Wildman–Crippen LogP) is 4.74. The summed E-state index contributed by atoms with van der Waals surface area (Å²) in [7, 11) is -0.722. The van der Waals surface area contributed by atoms with E-state index in [9.17, 15) is 0 Å². The highest BCUT2D eigenvalue weighted by molar-refractivity contribution is 6.99. The van der Waals surface area contributed by atoms with E-state index in [1.807, 2.05) is 0 Å². The maximum absolute atomic E-state index is 6.90. The van der Waals surface area contributed by atoms with Gasteiger partial charge in [0.15, 0.2) is 0 Å². The van der Waals surface area contributed by atoms with Crippen LogP contribution in [-0.4, -0.2) is 35.4 Å². The molecule has 0 aliphatic rings. The number of rotatable bonds is 12. The van der Waals surface area contributed by atoms with Crippen molar-refractivity contribution in [1.29, 1.82) is 0 Å². The van der Waals surface area contributed by atoms with E-state index in [-0.39, 0.29) is 5.04 Å². The van der Waals surface area contributed by atoms with Crippen LogP contribution < -0.4 is 10.4 Å². The van der Waals surface area contributed by atoms with Crippen LogP contribution in [0.5, 0.6) is 0 Å². The summed E-state index contributed by atoms with van der Waals surface area (Å²) >= 11 is 0. The van der Waals surface area contributed by atoms with Gasteiger partial charge in [0.2, 0.25) is 0 Å². The molecule has 0 radical (unpaired) electrons. The average Bonchev–Trinajstić information content (AvgIpc) is 2.70. The molecule has 2 aromatic carbocycles. The van der Waals surface area contributed by atoms with Crippen molar-refractivity contribution >= 4 is 18.7 Å². The summed E-state index contributed by atoms with van der Waals surface area (Å²) in [5, 5.41) is 2.74. The molecule has 0 saturated carbocycles. The van der Waals surface area contributed by atoms with Gasteiger partial charge in [-0.15, -0.1) is 0 Å². The summed E-state index contributed by atoms with van der Waals surface area (Å²) in [4.78, 5) is 0. The standard InChI is InChI=1S/C24H36O3Si/c1-24(2,3)28(22-15-9-7-10-16-22,23-17-11-8-12-18-23)27-20-14-6-5-13-19-26-21-25-4/h7-12,15-18H,5-6,13-14,19-21H2,1-4H3. The normalized spacial score (nSPS) is 12.3. The van der Waals surface area contributed by atoms with E-state index in [0.29, 0.717) is 6.79 Å². The van der Waals surface area contributed by atoms with Gasteiger partial charge in [0.25, 0.3) is 8.32 Å². The molecule has 4 heteroatoms. The van der Waals surface area contributed by atoms with Crippen molar-refractivity contribution < 1.29 is 13.9 Å². The van der Waals surface area contributed by atoms with Crippen LogP contribution >= 0.6 is 0 Å². The number of methoxy groups -OCH3 is 1. The van der Waals surface area contributed by atoms with Crippen molar-refractivity contribution in [2.24, 2.45) is 0 Å². The van der Waals surface area contributed by atoms with Crippen LogP contribution in [0.1, 0.15) is 46.5 Å². The van der Waals surface area contributed by atoms with Crippen LogP contribution in [0.2, 0.25) is 5.04 Å². The molecule has 0 aliphatic heterocycles. The molecule has 0 atom stereocenters. The molecule has 0 heterocycles. The van der Waals surface area contributed by atoms with Gasteiger partial charge < -0.3 is 13.9 Å². The second kappa shape index (κ2) is 11.5. The fraction of sp³-hybridized carbons (Fsp3) is 0.500. The quantitative estimate of drug-likeness (QED) is 0.292. The van der Waals surface area contributed by atoms with E-state index in [1.165, 1.54) is 10.4 Å². The lowest BCUT2D eigenvalue weighted by molar-refractivity contribution is -0.0316. The molecule has 0 amide bonds. The summed E-state index contributed by atoms with van der Waals surface area (Å²) in [6, 6.07) is 21.7. The van der Waals surface area contributed by atoms with E-state index >= 15 is 0 Å². The fourth-order valence-electron chi connectivity index (χ4n) is 3.79. The number of hydrogen-bond acceptors (Lipinski definition) is 3. The Bertz CT molecular complexity index is 613. The highest BCUT2D eigenvalue weighted by Crippen LogP contribution is 2.36. The largest absolute Gasteiger partial charge is 0.407 e. The molecule has 0 unspecified atom stereocenters. The van der Waals surface area contributed by atoms with Gasteiger partial charge >= 0.3 is 0 Å². The Kier molecular flexibility index (Phi) is 9.39. The summed E-state index contributed by atoms with van der Waals surface area (Å²) in [5.74, 6) is 0. The lowest BCUT2D eigenvalue weighted by atomic mass is 10.2. The molecule has 2 rings (SSSR count). The highest BCUT2D eigenvalue weighted by Gasteiger charge is 2.49. The summed E-state index contributed by atoms with van der Waals surface area (Å²) < 4.78 is 17.2. The molecule has 0 bridgehead atoms. The number of hydrogen-bond donors (Lipinski definition) is 0. The van der Waals surface area contributed by atoms with E-state index in [1.54, 1.807) is 7.11 Å². The molecule has 0 spiro atoms. The van der Waals surface area contributed by atoms with Crippen LogP contribution in [0.15, 0.2) is 60.7 Å². The minimum Gasteiger partial charge on any atom is -0.407 e. The maximum Gasteiger partial charge on any atom is 0.261 e. The zero-order valence-electron chi connectivity index (χ0n) is 17.9. The zero-order chi connectivity index (χ0) is 20.3. The van der Waals surface area contributed by atoms with Gasteiger partial charge in [-0.2, -0.15) is 0 Å². The predicted molar refractivity (Wildman–Crippen MR) is 120 cm³/mol. The lowest BCUT2D eigenvalue weighted by Crippen LogP contribution is -2.66. The average molecular weight is 401 g/mol. The van der Waals surface area contributed by atoms with Crippen molar-refractivity contribution in [1.82, 2.24) is 0 Å². The third-order valence-corrected chi connectivity index (χ3v) is 10.2. The molecule has 2 aromatic rings.